The minimum Gasteiger partial charge on any atom is -0.364 e. The lowest BCUT2D eigenvalue weighted by atomic mass is 10.2. The molecule has 0 saturated heterocycles. The Morgan fingerprint density at radius 3 is 2.76 bits per heavy atom. The Balaban J connectivity index is 2.20. The predicted molar refractivity (Wildman–Crippen MR) is 87.3 cm³/mol. The van der Waals surface area contributed by atoms with Crippen molar-refractivity contribution in [3.63, 3.8) is 0 Å². The van der Waals surface area contributed by atoms with Gasteiger partial charge in [0.25, 0.3) is 0 Å². The number of aryl methyl sites for hydroxylation is 1. The molecule has 4 heteroatoms. The first-order valence-electron chi connectivity index (χ1n) is 7.55. The summed E-state index contributed by atoms with van der Waals surface area (Å²) in [6.07, 6.45) is 3.81. The molecule has 0 aliphatic rings. The van der Waals surface area contributed by atoms with E-state index in [2.05, 4.69) is 52.2 Å². The molecule has 2 aromatic heterocycles. The third-order valence-electron chi connectivity index (χ3n) is 3.47. The van der Waals surface area contributed by atoms with Crippen molar-refractivity contribution < 1.29 is 0 Å². The Kier molecular flexibility index (Phi) is 5.69. The molecule has 2 heterocycles. The summed E-state index contributed by atoms with van der Waals surface area (Å²) < 4.78 is 0. The van der Waals surface area contributed by atoms with Gasteiger partial charge in [0.05, 0.1) is 24.1 Å². The van der Waals surface area contributed by atoms with E-state index in [-0.39, 0.29) is 0 Å². The van der Waals surface area contributed by atoms with Gasteiger partial charge in [-0.15, -0.1) is 0 Å². The van der Waals surface area contributed by atoms with Crippen LogP contribution in [0.25, 0.3) is 0 Å². The highest BCUT2D eigenvalue weighted by atomic mass is 15.1. The van der Waals surface area contributed by atoms with Crippen LogP contribution in [0, 0.1) is 6.92 Å². The first kappa shape index (κ1) is 15.4. The SMILES string of the molecule is CCNCc1ccncc1N(CC)Cc1cccc(C)n1. The monoisotopic (exact) mass is 284 g/mol. The highest BCUT2D eigenvalue weighted by Crippen LogP contribution is 2.20. The van der Waals surface area contributed by atoms with E-state index in [1.54, 1.807) is 0 Å². The number of hydrogen-bond donors (Lipinski definition) is 1. The first-order chi connectivity index (χ1) is 10.2. The lowest BCUT2D eigenvalue weighted by Crippen LogP contribution is -2.25. The van der Waals surface area contributed by atoms with Crippen LogP contribution in [0.3, 0.4) is 0 Å². The van der Waals surface area contributed by atoms with Crippen molar-refractivity contribution in [3.8, 4) is 0 Å². The van der Waals surface area contributed by atoms with Crippen molar-refractivity contribution in [1.29, 1.82) is 0 Å². The maximum absolute atomic E-state index is 4.60. The summed E-state index contributed by atoms with van der Waals surface area (Å²) >= 11 is 0. The van der Waals surface area contributed by atoms with Gasteiger partial charge >= 0.3 is 0 Å². The molecule has 0 amide bonds. The molecule has 2 rings (SSSR count). The van der Waals surface area contributed by atoms with Crippen LogP contribution in [0.15, 0.2) is 36.7 Å². The lowest BCUT2D eigenvalue weighted by molar-refractivity contribution is 0.715. The molecule has 0 aliphatic carbocycles. The topological polar surface area (TPSA) is 41.1 Å². The fourth-order valence-corrected chi connectivity index (χ4v) is 2.36. The second-order valence-electron chi connectivity index (χ2n) is 5.07. The van der Waals surface area contributed by atoms with Crippen LogP contribution >= 0.6 is 0 Å². The molecule has 0 fully saturated rings. The Morgan fingerprint density at radius 2 is 2.05 bits per heavy atom. The van der Waals surface area contributed by atoms with Crippen molar-refractivity contribution >= 4 is 5.69 Å². The second kappa shape index (κ2) is 7.74. The Morgan fingerprint density at radius 1 is 1.19 bits per heavy atom. The van der Waals surface area contributed by atoms with E-state index in [1.807, 2.05) is 25.4 Å². The quantitative estimate of drug-likeness (QED) is 0.849. The van der Waals surface area contributed by atoms with Crippen LogP contribution in [0.2, 0.25) is 0 Å². The van der Waals surface area contributed by atoms with E-state index < -0.39 is 0 Å². The van der Waals surface area contributed by atoms with Gasteiger partial charge in [-0.1, -0.05) is 13.0 Å². The lowest BCUT2D eigenvalue weighted by Gasteiger charge is -2.25. The van der Waals surface area contributed by atoms with Gasteiger partial charge in [-0.05, 0) is 44.2 Å². The third-order valence-corrected chi connectivity index (χ3v) is 3.47. The predicted octanol–water partition coefficient (Wildman–Crippen LogP) is 2.92. The fraction of sp³-hybridized carbons (Fsp3) is 0.412. The molecule has 21 heavy (non-hydrogen) atoms. The molecular formula is C17H24N4. The number of aromatic nitrogens is 2. The highest BCUT2D eigenvalue weighted by molar-refractivity contribution is 5.51. The van der Waals surface area contributed by atoms with Gasteiger partial charge in [-0.3, -0.25) is 9.97 Å². The van der Waals surface area contributed by atoms with E-state index in [9.17, 15) is 0 Å². The molecular weight excluding hydrogens is 260 g/mol. The molecule has 0 bridgehead atoms. The molecule has 0 saturated carbocycles. The smallest absolute Gasteiger partial charge is 0.0602 e. The molecule has 4 nitrogen and oxygen atoms in total. The Bertz CT molecular complexity index is 568. The summed E-state index contributed by atoms with van der Waals surface area (Å²) in [6.45, 7) is 9.89. The van der Waals surface area contributed by atoms with Crippen LogP contribution in [-0.4, -0.2) is 23.1 Å². The molecule has 0 unspecified atom stereocenters. The van der Waals surface area contributed by atoms with E-state index in [4.69, 9.17) is 0 Å². The molecule has 0 atom stereocenters. The average molecular weight is 284 g/mol. The van der Waals surface area contributed by atoms with Crippen molar-refractivity contribution in [2.75, 3.05) is 18.0 Å². The van der Waals surface area contributed by atoms with Crippen molar-refractivity contribution in [2.45, 2.75) is 33.9 Å². The van der Waals surface area contributed by atoms with E-state index in [0.29, 0.717) is 0 Å². The van der Waals surface area contributed by atoms with Gasteiger partial charge in [0.1, 0.15) is 0 Å². The summed E-state index contributed by atoms with van der Waals surface area (Å²) in [5.74, 6) is 0. The maximum atomic E-state index is 4.60. The van der Waals surface area contributed by atoms with Gasteiger partial charge in [0.15, 0.2) is 0 Å². The van der Waals surface area contributed by atoms with Crippen molar-refractivity contribution in [1.82, 2.24) is 15.3 Å². The van der Waals surface area contributed by atoms with Gasteiger partial charge in [0.2, 0.25) is 0 Å². The number of nitrogens with zero attached hydrogens (tertiary/aromatic N) is 3. The fourth-order valence-electron chi connectivity index (χ4n) is 2.36. The number of rotatable bonds is 7. The second-order valence-corrected chi connectivity index (χ2v) is 5.07. The summed E-state index contributed by atoms with van der Waals surface area (Å²) in [5.41, 5.74) is 4.61. The van der Waals surface area contributed by atoms with Crippen LogP contribution in [-0.2, 0) is 13.1 Å². The van der Waals surface area contributed by atoms with Gasteiger partial charge in [-0.2, -0.15) is 0 Å². The van der Waals surface area contributed by atoms with Gasteiger partial charge < -0.3 is 10.2 Å². The van der Waals surface area contributed by atoms with Crippen molar-refractivity contribution in [3.05, 3.63) is 53.6 Å². The highest BCUT2D eigenvalue weighted by Gasteiger charge is 2.11. The summed E-state index contributed by atoms with van der Waals surface area (Å²) in [5, 5.41) is 3.39. The first-order valence-corrected chi connectivity index (χ1v) is 7.55. The molecule has 2 aromatic rings. The maximum Gasteiger partial charge on any atom is 0.0602 e. The van der Waals surface area contributed by atoms with E-state index in [0.717, 1.165) is 37.6 Å². The number of nitrogens with one attached hydrogen (secondary N) is 1. The Hall–Kier alpha value is -1.94. The van der Waals surface area contributed by atoms with Crippen LogP contribution in [0.5, 0.6) is 0 Å². The molecule has 0 radical (unpaired) electrons. The summed E-state index contributed by atoms with van der Waals surface area (Å²) in [4.78, 5) is 11.2. The largest absolute Gasteiger partial charge is 0.364 e. The molecule has 112 valence electrons. The molecule has 0 aromatic carbocycles. The zero-order valence-electron chi connectivity index (χ0n) is 13.1. The van der Waals surface area contributed by atoms with Crippen molar-refractivity contribution in [2.24, 2.45) is 0 Å². The number of anilines is 1. The van der Waals surface area contributed by atoms with Crippen LogP contribution in [0.4, 0.5) is 5.69 Å². The normalized spacial score (nSPS) is 10.6. The standard InChI is InChI=1S/C17H24N4/c1-4-18-11-15-9-10-19-12-17(15)21(5-2)13-16-8-6-7-14(3)20-16/h6-10,12,18H,4-5,11,13H2,1-3H3. The third kappa shape index (κ3) is 4.26. The zero-order chi connectivity index (χ0) is 15.1. The van der Waals surface area contributed by atoms with E-state index >= 15 is 0 Å². The average Bonchev–Trinajstić information content (AvgIpc) is 2.51. The molecule has 0 spiro atoms. The van der Waals surface area contributed by atoms with E-state index in [1.165, 1.54) is 11.3 Å². The summed E-state index contributed by atoms with van der Waals surface area (Å²) in [6, 6.07) is 8.26. The zero-order valence-corrected chi connectivity index (χ0v) is 13.1. The van der Waals surface area contributed by atoms with Gasteiger partial charge in [0, 0.05) is 25.0 Å². The molecule has 1 N–H and O–H groups in total. The number of hydrogen-bond acceptors (Lipinski definition) is 4. The minimum absolute atomic E-state index is 0.809. The Labute approximate surface area is 127 Å². The summed E-state index contributed by atoms with van der Waals surface area (Å²) in [7, 11) is 0. The minimum atomic E-state index is 0.809. The van der Waals surface area contributed by atoms with Gasteiger partial charge in [-0.25, -0.2) is 0 Å². The number of pyridine rings is 2. The van der Waals surface area contributed by atoms with Crippen LogP contribution < -0.4 is 10.2 Å². The molecule has 0 aliphatic heterocycles. The van der Waals surface area contributed by atoms with Crippen LogP contribution in [0.1, 0.15) is 30.8 Å².